The van der Waals surface area contributed by atoms with Gasteiger partial charge in [0.25, 0.3) is 5.78 Å². The molecule has 0 heterocycles. The van der Waals surface area contributed by atoms with E-state index >= 15 is 0 Å². The number of carbonyl (C=O) groups is 1. The lowest BCUT2D eigenvalue weighted by atomic mass is 10.2. The normalized spacial score (nSPS) is 13.0. The van der Waals surface area contributed by atoms with E-state index in [-0.39, 0.29) is 6.08 Å². The highest BCUT2D eigenvalue weighted by Gasteiger charge is 2.36. The predicted molar refractivity (Wildman–Crippen MR) is 57.2 cm³/mol. The number of rotatable bonds is 3. The van der Waals surface area contributed by atoms with Gasteiger partial charge >= 0.3 is 6.18 Å². The van der Waals surface area contributed by atoms with E-state index in [2.05, 4.69) is 0 Å². The SMILES string of the molecule is O=C(/C=C(O)/C=C\c1ccccc1)C(F)(F)F. The number of ketones is 1. The smallest absolute Gasteiger partial charge is 0.454 e. The molecule has 0 spiro atoms. The van der Waals surface area contributed by atoms with Crippen LogP contribution in [0.5, 0.6) is 0 Å². The maximum absolute atomic E-state index is 11.8. The summed E-state index contributed by atoms with van der Waals surface area (Å²) in [6.07, 6.45) is -2.40. The van der Waals surface area contributed by atoms with Crippen molar-refractivity contribution in [2.75, 3.05) is 0 Å². The summed E-state index contributed by atoms with van der Waals surface area (Å²) in [6.45, 7) is 0. The van der Waals surface area contributed by atoms with Gasteiger partial charge in [0, 0.05) is 6.08 Å². The van der Waals surface area contributed by atoms with E-state index in [0.717, 1.165) is 6.08 Å². The molecule has 0 radical (unpaired) electrons. The van der Waals surface area contributed by atoms with Crippen LogP contribution in [0, 0.1) is 0 Å². The Balaban J connectivity index is 2.73. The first kappa shape index (κ1) is 13.0. The van der Waals surface area contributed by atoms with Crippen LogP contribution in [-0.4, -0.2) is 17.1 Å². The number of allylic oxidation sites excluding steroid dienone is 2. The molecule has 0 aliphatic rings. The van der Waals surface area contributed by atoms with E-state index in [4.69, 9.17) is 5.11 Å². The van der Waals surface area contributed by atoms with Gasteiger partial charge in [-0.3, -0.25) is 4.79 Å². The minimum Gasteiger partial charge on any atom is -0.508 e. The molecule has 1 aromatic rings. The van der Waals surface area contributed by atoms with Gasteiger partial charge in [-0.15, -0.1) is 0 Å². The number of hydrogen-bond donors (Lipinski definition) is 1. The molecule has 0 fully saturated rings. The van der Waals surface area contributed by atoms with Crippen LogP contribution in [0.25, 0.3) is 6.08 Å². The van der Waals surface area contributed by atoms with Crippen molar-refractivity contribution in [1.82, 2.24) is 0 Å². The highest BCUT2D eigenvalue weighted by Crippen LogP contribution is 2.17. The van der Waals surface area contributed by atoms with Crippen LogP contribution in [0.2, 0.25) is 0 Å². The van der Waals surface area contributed by atoms with Crippen LogP contribution >= 0.6 is 0 Å². The lowest BCUT2D eigenvalue weighted by Crippen LogP contribution is -2.20. The molecule has 5 heteroatoms. The number of halogens is 3. The quantitative estimate of drug-likeness (QED) is 0.501. The van der Waals surface area contributed by atoms with Crippen molar-refractivity contribution in [2.45, 2.75) is 6.18 Å². The van der Waals surface area contributed by atoms with Crippen LogP contribution in [0.3, 0.4) is 0 Å². The molecular formula is C12H9F3O2. The Bertz CT molecular complexity index is 445. The molecule has 90 valence electrons. The molecule has 0 amide bonds. The molecule has 1 N–H and O–H groups in total. The largest absolute Gasteiger partial charge is 0.508 e. The summed E-state index contributed by atoms with van der Waals surface area (Å²) in [4.78, 5) is 10.5. The molecule has 1 rings (SSSR count). The Hall–Kier alpha value is -2.04. The average molecular weight is 242 g/mol. The Kier molecular flexibility index (Phi) is 4.09. The van der Waals surface area contributed by atoms with Crippen LogP contribution in [0.15, 0.2) is 48.2 Å². The second-order valence-corrected chi connectivity index (χ2v) is 3.18. The third kappa shape index (κ3) is 4.55. The van der Waals surface area contributed by atoms with Gasteiger partial charge in [0.15, 0.2) is 0 Å². The summed E-state index contributed by atoms with van der Waals surface area (Å²) in [5.41, 5.74) is 0.701. The van der Waals surface area contributed by atoms with E-state index in [1.54, 1.807) is 30.3 Å². The maximum Gasteiger partial charge on any atom is 0.454 e. The van der Waals surface area contributed by atoms with Crippen molar-refractivity contribution in [3.63, 3.8) is 0 Å². The van der Waals surface area contributed by atoms with Gasteiger partial charge in [-0.05, 0) is 11.6 Å². The summed E-state index contributed by atoms with van der Waals surface area (Å²) >= 11 is 0. The number of benzene rings is 1. The predicted octanol–water partition coefficient (Wildman–Crippen LogP) is 3.27. The first-order valence-electron chi connectivity index (χ1n) is 4.64. The van der Waals surface area contributed by atoms with Crippen molar-refractivity contribution in [2.24, 2.45) is 0 Å². The van der Waals surface area contributed by atoms with Crippen molar-refractivity contribution < 1.29 is 23.1 Å². The minimum absolute atomic E-state index is 0.138. The number of hydrogen-bond acceptors (Lipinski definition) is 2. The summed E-state index contributed by atoms with van der Waals surface area (Å²) < 4.78 is 35.5. The zero-order valence-electron chi connectivity index (χ0n) is 8.61. The van der Waals surface area contributed by atoms with Crippen molar-refractivity contribution in [3.05, 3.63) is 53.8 Å². The van der Waals surface area contributed by atoms with Crippen LogP contribution in [0.4, 0.5) is 13.2 Å². The summed E-state index contributed by atoms with van der Waals surface area (Å²) in [6, 6.07) is 8.66. The Morgan fingerprint density at radius 1 is 1.18 bits per heavy atom. The second-order valence-electron chi connectivity index (χ2n) is 3.18. The van der Waals surface area contributed by atoms with Crippen molar-refractivity contribution in [3.8, 4) is 0 Å². The zero-order valence-corrected chi connectivity index (χ0v) is 8.61. The Labute approximate surface area is 95.7 Å². The van der Waals surface area contributed by atoms with Crippen molar-refractivity contribution in [1.29, 1.82) is 0 Å². The van der Waals surface area contributed by atoms with Gasteiger partial charge in [-0.25, -0.2) is 0 Å². The molecule has 0 aromatic heterocycles. The molecule has 1 aromatic carbocycles. The van der Waals surface area contributed by atoms with E-state index in [0.29, 0.717) is 5.56 Å². The molecule has 0 bridgehead atoms. The molecule has 17 heavy (non-hydrogen) atoms. The second kappa shape index (κ2) is 5.34. The number of aliphatic hydroxyl groups is 1. The monoisotopic (exact) mass is 242 g/mol. The van der Waals surface area contributed by atoms with Gasteiger partial charge in [-0.1, -0.05) is 36.4 Å². The molecule has 0 saturated heterocycles. The van der Waals surface area contributed by atoms with E-state index < -0.39 is 17.7 Å². The van der Waals surface area contributed by atoms with Gasteiger partial charge < -0.3 is 5.11 Å². The third-order valence-electron chi connectivity index (χ3n) is 1.80. The van der Waals surface area contributed by atoms with Gasteiger partial charge in [0.05, 0.1) is 0 Å². The fourth-order valence-corrected chi connectivity index (χ4v) is 1.01. The fourth-order valence-electron chi connectivity index (χ4n) is 1.01. The van der Waals surface area contributed by atoms with Crippen LogP contribution < -0.4 is 0 Å². The lowest BCUT2D eigenvalue weighted by Gasteiger charge is -1.99. The molecule has 0 unspecified atom stereocenters. The van der Waals surface area contributed by atoms with E-state index in [1.165, 1.54) is 6.08 Å². The van der Waals surface area contributed by atoms with Crippen LogP contribution in [-0.2, 0) is 4.79 Å². The highest BCUT2D eigenvalue weighted by atomic mass is 19.4. The summed E-state index contributed by atoms with van der Waals surface area (Å²) in [5.74, 6) is -2.83. The van der Waals surface area contributed by atoms with Crippen molar-refractivity contribution >= 4 is 11.9 Å². The molecule has 0 aliphatic heterocycles. The molecule has 2 nitrogen and oxygen atoms in total. The Morgan fingerprint density at radius 3 is 2.29 bits per heavy atom. The van der Waals surface area contributed by atoms with Gasteiger partial charge in [0.1, 0.15) is 5.76 Å². The summed E-state index contributed by atoms with van der Waals surface area (Å²) in [5, 5.41) is 9.10. The first-order chi connectivity index (χ1) is 7.89. The minimum atomic E-state index is -4.96. The molecule has 0 aliphatic carbocycles. The molecular weight excluding hydrogens is 233 g/mol. The van der Waals surface area contributed by atoms with Gasteiger partial charge in [-0.2, -0.15) is 13.2 Å². The van der Waals surface area contributed by atoms with E-state index in [9.17, 15) is 18.0 Å². The number of carbonyl (C=O) groups excluding carboxylic acids is 1. The topological polar surface area (TPSA) is 37.3 Å². The maximum atomic E-state index is 11.8. The van der Waals surface area contributed by atoms with Gasteiger partial charge in [0.2, 0.25) is 0 Å². The number of aliphatic hydroxyl groups excluding tert-OH is 1. The van der Waals surface area contributed by atoms with Crippen LogP contribution in [0.1, 0.15) is 5.56 Å². The summed E-state index contributed by atoms with van der Waals surface area (Å²) in [7, 11) is 0. The first-order valence-corrected chi connectivity index (χ1v) is 4.64. The Morgan fingerprint density at radius 2 is 1.76 bits per heavy atom. The zero-order chi connectivity index (χ0) is 12.9. The average Bonchev–Trinajstić information content (AvgIpc) is 2.26. The standard InChI is InChI=1S/C12H9F3O2/c13-12(14,15)11(17)8-10(16)7-6-9-4-2-1-3-5-9/h1-8,16H/b7-6-,10-8-. The fraction of sp³-hybridized carbons (Fsp3) is 0.0833. The molecule has 0 saturated carbocycles. The lowest BCUT2D eigenvalue weighted by molar-refractivity contribution is -0.165. The third-order valence-corrected chi connectivity index (χ3v) is 1.80. The highest BCUT2D eigenvalue weighted by molar-refractivity contribution is 5.95. The number of alkyl halides is 3. The van der Waals surface area contributed by atoms with E-state index in [1.807, 2.05) is 0 Å². The molecule has 0 atom stereocenters.